The fourth-order valence-electron chi connectivity index (χ4n) is 6.19. The third-order valence-corrected chi connectivity index (χ3v) is 7.65. The zero-order valence-corrected chi connectivity index (χ0v) is 23.2. The van der Waals surface area contributed by atoms with Gasteiger partial charge >= 0.3 is 0 Å². The van der Waals surface area contributed by atoms with Gasteiger partial charge < -0.3 is 5.73 Å². The second-order valence-corrected chi connectivity index (χ2v) is 12.0. The number of allylic oxidation sites excluding steroid dienone is 3. The van der Waals surface area contributed by atoms with E-state index in [-0.39, 0.29) is 5.54 Å². The van der Waals surface area contributed by atoms with Crippen LogP contribution in [0.15, 0.2) is 22.8 Å². The minimum absolute atomic E-state index is 0.108. The van der Waals surface area contributed by atoms with Crippen molar-refractivity contribution in [3.05, 3.63) is 22.8 Å². The zero-order valence-electron chi connectivity index (χ0n) is 23.2. The summed E-state index contributed by atoms with van der Waals surface area (Å²) in [4.78, 5) is 0. The molecule has 0 radical (unpaired) electrons. The van der Waals surface area contributed by atoms with Crippen LogP contribution in [-0.2, 0) is 0 Å². The van der Waals surface area contributed by atoms with E-state index in [1.54, 1.807) is 16.7 Å². The van der Waals surface area contributed by atoms with Gasteiger partial charge in [-0.2, -0.15) is 0 Å². The average Bonchev–Trinajstić information content (AvgIpc) is 2.70. The standard InChI is InChI=1S/C31H59N/c1-8-10-12-14-18-28(6)30-20-16-17-25(3)21-26(4)22-27(5)23-31(7,32)24-29(30)19-15-13-11-9-2/h19,25-27H,8-18,20-24,32H2,1-7H3/b29-19+,30-28-/t25?,26?,27-,31?/m0/s1. The maximum atomic E-state index is 7.02. The largest absolute Gasteiger partial charge is 0.325 e. The lowest BCUT2D eigenvalue weighted by molar-refractivity contribution is 0.282. The normalized spacial score (nSPS) is 31.6. The van der Waals surface area contributed by atoms with Crippen molar-refractivity contribution in [2.45, 2.75) is 157 Å². The van der Waals surface area contributed by atoms with Crippen LogP contribution in [0.5, 0.6) is 0 Å². The number of hydrogen-bond donors (Lipinski definition) is 1. The number of hydrogen-bond acceptors (Lipinski definition) is 1. The Kier molecular flexibility index (Phi) is 14.9. The molecule has 1 fully saturated rings. The molecule has 0 amide bonds. The molecule has 0 saturated heterocycles. The summed E-state index contributed by atoms with van der Waals surface area (Å²) in [6.45, 7) is 16.8. The molecule has 0 aromatic heterocycles. The van der Waals surface area contributed by atoms with Gasteiger partial charge in [0.25, 0.3) is 0 Å². The van der Waals surface area contributed by atoms with Gasteiger partial charge in [-0.15, -0.1) is 0 Å². The van der Waals surface area contributed by atoms with Gasteiger partial charge in [-0.1, -0.05) is 84.8 Å². The predicted molar refractivity (Wildman–Crippen MR) is 146 cm³/mol. The van der Waals surface area contributed by atoms with E-state index in [0.717, 1.165) is 24.7 Å². The summed E-state index contributed by atoms with van der Waals surface area (Å²) in [6.07, 6.45) is 23.3. The minimum Gasteiger partial charge on any atom is -0.325 e. The second kappa shape index (κ2) is 16.1. The molecule has 2 N–H and O–H groups in total. The van der Waals surface area contributed by atoms with Gasteiger partial charge in [-0.25, -0.2) is 0 Å². The van der Waals surface area contributed by atoms with E-state index in [2.05, 4.69) is 54.5 Å². The highest BCUT2D eigenvalue weighted by Crippen LogP contribution is 2.35. The molecule has 1 aliphatic rings. The molecule has 1 aliphatic carbocycles. The van der Waals surface area contributed by atoms with Gasteiger partial charge in [0.15, 0.2) is 0 Å². The van der Waals surface area contributed by atoms with Crippen LogP contribution >= 0.6 is 0 Å². The summed E-state index contributed by atoms with van der Waals surface area (Å²) in [5, 5.41) is 0. The second-order valence-electron chi connectivity index (χ2n) is 12.0. The van der Waals surface area contributed by atoms with E-state index < -0.39 is 0 Å². The maximum absolute atomic E-state index is 7.02. The van der Waals surface area contributed by atoms with Crippen molar-refractivity contribution in [1.82, 2.24) is 0 Å². The lowest BCUT2D eigenvalue weighted by Crippen LogP contribution is -2.38. The van der Waals surface area contributed by atoms with Crippen molar-refractivity contribution in [3.8, 4) is 0 Å². The summed E-state index contributed by atoms with van der Waals surface area (Å²) in [7, 11) is 0. The summed E-state index contributed by atoms with van der Waals surface area (Å²) < 4.78 is 0. The van der Waals surface area contributed by atoms with Crippen LogP contribution < -0.4 is 5.73 Å². The van der Waals surface area contributed by atoms with Gasteiger partial charge in [0.2, 0.25) is 0 Å². The van der Waals surface area contributed by atoms with Crippen LogP contribution in [0.2, 0.25) is 0 Å². The SMILES string of the molecule is CCCCC/C=C1\CC(C)(N)C[C@@H](C)CC(C)CC(C)CCC\C1=C(/C)CCCCCC. The first-order chi connectivity index (χ1) is 15.2. The lowest BCUT2D eigenvalue weighted by Gasteiger charge is -2.31. The molecule has 3 unspecified atom stereocenters. The van der Waals surface area contributed by atoms with E-state index in [9.17, 15) is 0 Å². The quantitative estimate of drug-likeness (QED) is 0.351. The van der Waals surface area contributed by atoms with Crippen molar-refractivity contribution in [1.29, 1.82) is 0 Å². The third kappa shape index (κ3) is 12.6. The fraction of sp³-hybridized carbons (Fsp3) is 0.871. The van der Waals surface area contributed by atoms with Crippen molar-refractivity contribution in [2.24, 2.45) is 23.5 Å². The first-order valence-corrected chi connectivity index (χ1v) is 14.3. The van der Waals surface area contributed by atoms with Gasteiger partial charge in [0.1, 0.15) is 0 Å². The average molecular weight is 446 g/mol. The van der Waals surface area contributed by atoms with Crippen LogP contribution in [0.1, 0.15) is 151 Å². The highest BCUT2D eigenvalue weighted by atomic mass is 14.7. The van der Waals surface area contributed by atoms with E-state index >= 15 is 0 Å². The van der Waals surface area contributed by atoms with Crippen LogP contribution in [0.3, 0.4) is 0 Å². The van der Waals surface area contributed by atoms with E-state index in [4.69, 9.17) is 5.73 Å². The minimum atomic E-state index is -0.108. The highest BCUT2D eigenvalue weighted by molar-refractivity contribution is 5.36. The van der Waals surface area contributed by atoms with Gasteiger partial charge in [-0.05, 0) is 107 Å². The van der Waals surface area contributed by atoms with Crippen LogP contribution in [0.4, 0.5) is 0 Å². The summed E-state index contributed by atoms with van der Waals surface area (Å²) in [5.41, 5.74) is 11.9. The molecule has 1 rings (SSSR count). The Morgan fingerprint density at radius 1 is 0.938 bits per heavy atom. The molecule has 1 saturated carbocycles. The molecular formula is C31H59N. The first-order valence-electron chi connectivity index (χ1n) is 14.3. The van der Waals surface area contributed by atoms with Crippen LogP contribution in [0.25, 0.3) is 0 Å². The topological polar surface area (TPSA) is 26.0 Å². The molecule has 0 spiro atoms. The first kappa shape index (κ1) is 29.5. The smallest absolute Gasteiger partial charge is 0.0169 e. The zero-order chi connectivity index (χ0) is 24.0. The number of unbranched alkanes of at least 4 members (excludes halogenated alkanes) is 6. The van der Waals surface area contributed by atoms with Crippen molar-refractivity contribution in [3.63, 3.8) is 0 Å². The molecule has 1 heteroatoms. The molecule has 0 aliphatic heterocycles. The maximum Gasteiger partial charge on any atom is 0.0169 e. The molecule has 32 heavy (non-hydrogen) atoms. The Hall–Kier alpha value is -0.560. The summed E-state index contributed by atoms with van der Waals surface area (Å²) in [5.74, 6) is 2.36. The van der Waals surface area contributed by atoms with Crippen molar-refractivity contribution in [2.75, 3.05) is 0 Å². The molecule has 0 aromatic rings. The Balaban J connectivity index is 3.19. The Morgan fingerprint density at radius 2 is 1.59 bits per heavy atom. The van der Waals surface area contributed by atoms with Crippen LogP contribution in [0, 0.1) is 17.8 Å². The third-order valence-electron chi connectivity index (χ3n) is 7.65. The van der Waals surface area contributed by atoms with Gasteiger partial charge in [-0.3, -0.25) is 0 Å². The number of nitrogens with two attached hydrogens (primary N) is 1. The fourth-order valence-corrected chi connectivity index (χ4v) is 6.19. The molecule has 0 bridgehead atoms. The lowest BCUT2D eigenvalue weighted by atomic mass is 9.79. The monoisotopic (exact) mass is 445 g/mol. The van der Waals surface area contributed by atoms with Crippen molar-refractivity contribution >= 4 is 0 Å². The summed E-state index contributed by atoms with van der Waals surface area (Å²) >= 11 is 0. The number of rotatable bonds is 9. The molecule has 0 aromatic carbocycles. The Bertz CT molecular complexity index is 553. The van der Waals surface area contributed by atoms with E-state index in [0.29, 0.717) is 5.92 Å². The Morgan fingerprint density at radius 3 is 2.28 bits per heavy atom. The van der Waals surface area contributed by atoms with E-state index in [1.165, 1.54) is 89.9 Å². The van der Waals surface area contributed by atoms with Crippen LogP contribution in [-0.4, -0.2) is 5.54 Å². The van der Waals surface area contributed by atoms with Gasteiger partial charge in [0, 0.05) is 5.54 Å². The van der Waals surface area contributed by atoms with E-state index in [1.807, 2.05) is 0 Å². The highest BCUT2D eigenvalue weighted by Gasteiger charge is 2.26. The summed E-state index contributed by atoms with van der Waals surface area (Å²) in [6, 6.07) is 0. The van der Waals surface area contributed by atoms with Gasteiger partial charge in [0.05, 0.1) is 0 Å². The molecule has 0 heterocycles. The predicted octanol–water partition coefficient (Wildman–Crippen LogP) is 10.1. The molecular weight excluding hydrogens is 386 g/mol. The molecule has 1 nitrogen and oxygen atoms in total. The Labute approximate surface area is 203 Å². The molecule has 4 atom stereocenters. The van der Waals surface area contributed by atoms with Crippen molar-refractivity contribution < 1.29 is 0 Å². The molecule has 188 valence electrons.